The summed E-state index contributed by atoms with van der Waals surface area (Å²) in [5, 5.41) is 12.6. The molecule has 27 heavy (non-hydrogen) atoms. The molecule has 0 bridgehead atoms. The normalized spacial score (nSPS) is 11.6. The van der Waals surface area contributed by atoms with Gasteiger partial charge in [-0.2, -0.15) is 0 Å². The molecule has 7 nitrogen and oxygen atoms in total. The van der Waals surface area contributed by atoms with Gasteiger partial charge in [0.1, 0.15) is 17.6 Å². The van der Waals surface area contributed by atoms with E-state index in [0.717, 1.165) is 22.1 Å². The minimum atomic E-state index is -0.883. The largest absolute Gasteiger partial charge is 0.514 e. The zero-order valence-electron chi connectivity index (χ0n) is 14.7. The number of methoxy groups -OCH3 is 1. The summed E-state index contributed by atoms with van der Waals surface area (Å²) in [7, 11) is 1.61. The molecule has 0 amide bonds. The summed E-state index contributed by atoms with van der Waals surface area (Å²) in [6, 6.07) is 16.6. The zero-order valence-corrected chi connectivity index (χ0v) is 14.7. The summed E-state index contributed by atoms with van der Waals surface area (Å²) >= 11 is 0. The highest BCUT2D eigenvalue weighted by Gasteiger charge is 2.15. The first kappa shape index (κ1) is 18.2. The van der Waals surface area contributed by atoms with Crippen molar-refractivity contribution in [3.8, 4) is 11.5 Å². The monoisotopic (exact) mass is 367 g/mol. The Hall–Kier alpha value is -3.61. The Bertz CT molecular complexity index is 983. The average molecular weight is 367 g/mol. The Morgan fingerprint density at radius 1 is 0.963 bits per heavy atom. The van der Waals surface area contributed by atoms with Crippen LogP contribution in [0.2, 0.25) is 0 Å². The molecule has 1 atom stereocenters. The minimum absolute atomic E-state index is 0.0862. The molecule has 1 unspecified atom stereocenters. The van der Waals surface area contributed by atoms with E-state index in [0.29, 0.717) is 0 Å². The maximum Gasteiger partial charge on any atom is 0.514 e. The highest BCUT2D eigenvalue weighted by atomic mass is 16.7. The van der Waals surface area contributed by atoms with E-state index >= 15 is 0 Å². The van der Waals surface area contributed by atoms with E-state index < -0.39 is 17.2 Å². The van der Waals surface area contributed by atoms with Crippen molar-refractivity contribution in [1.29, 1.82) is 0 Å². The fourth-order valence-corrected chi connectivity index (χ4v) is 2.59. The molecule has 7 heteroatoms. The minimum Gasteiger partial charge on any atom is -0.497 e. The number of rotatable bonds is 5. The molecule has 138 valence electrons. The lowest BCUT2D eigenvalue weighted by molar-refractivity contribution is -0.384. The van der Waals surface area contributed by atoms with E-state index in [1.54, 1.807) is 14.0 Å². The molecule has 0 aliphatic carbocycles. The molecular weight excluding hydrogens is 350 g/mol. The number of ether oxygens (including phenoxy) is 3. The van der Waals surface area contributed by atoms with Gasteiger partial charge in [0.15, 0.2) is 0 Å². The predicted octanol–water partition coefficient (Wildman–Crippen LogP) is 5.03. The van der Waals surface area contributed by atoms with Crippen molar-refractivity contribution in [2.45, 2.75) is 13.0 Å². The maximum atomic E-state index is 12.0. The van der Waals surface area contributed by atoms with E-state index in [1.807, 2.05) is 36.4 Å². The maximum absolute atomic E-state index is 12.0. The number of nitro benzene ring substituents is 1. The van der Waals surface area contributed by atoms with Crippen LogP contribution in [0.15, 0.2) is 60.7 Å². The molecule has 0 heterocycles. The van der Waals surface area contributed by atoms with Crippen molar-refractivity contribution in [2.24, 2.45) is 0 Å². The summed E-state index contributed by atoms with van der Waals surface area (Å²) in [6.45, 7) is 1.74. The van der Waals surface area contributed by atoms with E-state index in [1.165, 1.54) is 24.3 Å². The Balaban J connectivity index is 1.67. The number of nitrogens with zero attached hydrogens (tertiary/aromatic N) is 1. The number of hydrogen-bond acceptors (Lipinski definition) is 6. The number of non-ortho nitro benzene ring substituents is 1. The molecular formula is C20H17NO6. The summed E-state index contributed by atoms with van der Waals surface area (Å²) in [4.78, 5) is 22.1. The van der Waals surface area contributed by atoms with Crippen LogP contribution in [0.1, 0.15) is 18.6 Å². The third-order valence-corrected chi connectivity index (χ3v) is 4.06. The van der Waals surface area contributed by atoms with Crippen molar-refractivity contribution in [3.05, 3.63) is 76.3 Å². The van der Waals surface area contributed by atoms with Gasteiger partial charge in [-0.05, 0) is 53.6 Å². The van der Waals surface area contributed by atoms with Gasteiger partial charge in [0.25, 0.3) is 5.69 Å². The van der Waals surface area contributed by atoms with E-state index in [9.17, 15) is 14.9 Å². The standard InChI is InChI=1S/C20H17NO6/c1-13(14-3-4-16-12-19(25-2)8-5-15(16)11-14)26-20(22)27-18-9-6-17(7-10-18)21(23)24/h3-13H,1-2H3. The van der Waals surface area contributed by atoms with Crippen LogP contribution in [0, 0.1) is 10.1 Å². The van der Waals surface area contributed by atoms with E-state index in [-0.39, 0.29) is 11.4 Å². The predicted molar refractivity (Wildman–Crippen MR) is 99.1 cm³/mol. The number of hydrogen-bond donors (Lipinski definition) is 0. The van der Waals surface area contributed by atoms with Crippen molar-refractivity contribution < 1.29 is 23.9 Å². The number of nitro groups is 1. The SMILES string of the molecule is COc1ccc2cc(C(C)OC(=O)Oc3ccc([N+](=O)[O-])cc3)ccc2c1. The first-order valence-corrected chi connectivity index (χ1v) is 8.17. The van der Waals surface area contributed by atoms with Crippen LogP contribution in [0.3, 0.4) is 0 Å². The number of carbonyl (C=O) groups is 1. The quantitative estimate of drug-likeness (QED) is 0.272. The van der Waals surface area contributed by atoms with E-state index in [2.05, 4.69) is 0 Å². The van der Waals surface area contributed by atoms with Gasteiger partial charge < -0.3 is 14.2 Å². The molecule has 0 aliphatic heterocycles. The summed E-state index contributed by atoms with van der Waals surface area (Å²) in [5.74, 6) is 0.939. The number of fused-ring (bicyclic) bond motifs is 1. The Labute approximate surface area is 155 Å². The fourth-order valence-electron chi connectivity index (χ4n) is 2.59. The third kappa shape index (κ3) is 4.33. The van der Waals surface area contributed by atoms with Crippen molar-refractivity contribution >= 4 is 22.6 Å². The average Bonchev–Trinajstić information content (AvgIpc) is 2.67. The van der Waals surface area contributed by atoms with Gasteiger partial charge in [-0.25, -0.2) is 4.79 Å². The fraction of sp³-hybridized carbons (Fsp3) is 0.150. The van der Waals surface area contributed by atoms with Gasteiger partial charge in [0.2, 0.25) is 0 Å². The Morgan fingerprint density at radius 3 is 2.26 bits per heavy atom. The van der Waals surface area contributed by atoms with Crippen molar-refractivity contribution in [1.82, 2.24) is 0 Å². The van der Waals surface area contributed by atoms with Gasteiger partial charge in [0.05, 0.1) is 12.0 Å². The van der Waals surface area contributed by atoms with Gasteiger partial charge in [-0.1, -0.05) is 18.2 Å². The van der Waals surface area contributed by atoms with Gasteiger partial charge in [-0.15, -0.1) is 0 Å². The number of carbonyl (C=O) groups excluding carboxylic acids is 1. The molecule has 0 spiro atoms. The topological polar surface area (TPSA) is 87.9 Å². The van der Waals surface area contributed by atoms with Crippen LogP contribution in [0.4, 0.5) is 10.5 Å². The molecule has 3 rings (SSSR count). The first-order valence-electron chi connectivity index (χ1n) is 8.17. The van der Waals surface area contributed by atoms with Gasteiger partial charge in [0, 0.05) is 12.1 Å². The lowest BCUT2D eigenvalue weighted by atomic mass is 10.0. The summed E-state index contributed by atoms with van der Waals surface area (Å²) in [5.41, 5.74) is 0.727. The van der Waals surface area contributed by atoms with Gasteiger partial charge >= 0.3 is 6.16 Å². The zero-order chi connectivity index (χ0) is 19.4. The molecule has 0 saturated heterocycles. The molecule has 0 fully saturated rings. The highest BCUT2D eigenvalue weighted by molar-refractivity contribution is 5.84. The third-order valence-electron chi connectivity index (χ3n) is 4.06. The van der Waals surface area contributed by atoms with Crippen molar-refractivity contribution in [2.75, 3.05) is 7.11 Å². The second-order valence-electron chi connectivity index (χ2n) is 5.84. The van der Waals surface area contributed by atoms with Crippen LogP contribution in [0.25, 0.3) is 10.8 Å². The van der Waals surface area contributed by atoms with Crippen LogP contribution >= 0.6 is 0 Å². The van der Waals surface area contributed by atoms with Crippen LogP contribution < -0.4 is 9.47 Å². The summed E-state index contributed by atoms with van der Waals surface area (Å²) < 4.78 is 15.6. The second kappa shape index (κ2) is 7.74. The smallest absolute Gasteiger partial charge is 0.497 e. The molecule has 3 aromatic rings. The molecule has 0 radical (unpaired) electrons. The molecule has 0 aromatic heterocycles. The lowest BCUT2D eigenvalue weighted by Crippen LogP contribution is -2.13. The molecule has 0 saturated carbocycles. The van der Waals surface area contributed by atoms with Crippen LogP contribution in [0.5, 0.6) is 11.5 Å². The van der Waals surface area contributed by atoms with E-state index in [4.69, 9.17) is 14.2 Å². The molecule has 0 aliphatic rings. The molecule has 0 N–H and O–H groups in total. The highest BCUT2D eigenvalue weighted by Crippen LogP contribution is 2.26. The summed E-state index contributed by atoms with van der Waals surface area (Å²) in [6.07, 6.45) is -1.41. The second-order valence-corrected chi connectivity index (χ2v) is 5.84. The number of benzene rings is 3. The van der Waals surface area contributed by atoms with Crippen LogP contribution in [-0.4, -0.2) is 18.2 Å². The van der Waals surface area contributed by atoms with Gasteiger partial charge in [-0.3, -0.25) is 10.1 Å². The Kier molecular flexibility index (Phi) is 5.21. The van der Waals surface area contributed by atoms with Crippen LogP contribution in [-0.2, 0) is 4.74 Å². The molecule has 3 aromatic carbocycles. The van der Waals surface area contributed by atoms with Crippen molar-refractivity contribution in [3.63, 3.8) is 0 Å². The lowest BCUT2D eigenvalue weighted by Gasteiger charge is -2.14. The first-order chi connectivity index (χ1) is 13.0. The Morgan fingerprint density at radius 2 is 1.59 bits per heavy atom.